The van der Waals surface area contributed by atoms with Crippen LogP contribution in [0.15, 0.2) is 27.4 Å². The van der Waals surface area contributed by atoms with Gasteiger partial charge in [-0.15, -0.1) is 5.10 Å². The molecule has 0 saturated heterocycles. The summed E-state index contributed by atoms with van der Waals surface area (Å²) in [5.74, 6) is 1.84. The van der Waals surface area contributed by atoms with Crippen LogP contribution in [-0.4, -0.2) is 10.2 Å². The second-order valence-corrected chi connectivity index (χ2v) is 2.82. The molecule has 0 amide bonds. The van der Waals surface area contributed by atoms with E-state index in [2.05, 4.69) is 15.5 Å². The Morgan fingerprint density at radius 3 is 2.86 bits per heavy atom. The molecule has 0 aliphatic rings. The molecule has 0 aliphatic heterocycles. The number of aryl methyl sites for hydroxylation is 1. The molecule has 0 bridgehead atoms. The molecule has 0 unspecified atom stereocenters. The summed E-state index contributed by atoms with van der Waals surface area (Å²) in [6.07, 6.45) is 2.18. The SMILES string of the molecule is CCc1ccc(CNc2nnco2)o1. The van der Waals surface area contributed by atoms with Crippen molar-refractivity contribution in [3.05, 3.63) is 30.0 Å². The topological polar surface area (TPSA) is 64.1 Å². The van der Waals surface area contributed by atoms with Crippen molar-refractivity contribution < 1.29 is 8.83 Å². The van der Waals surface area contributed by atoms with E-state index in [4.69, 9.17) is 8.83 Å². The number of hydrogen-bond donors (Lipinski definition) is 1. The quantitative estimate of drug-likeness (QED) is 0.802. The number of nitrogens with one attached hydrogen (secondary N) is 1. The van der Waals surface area contributed by atoms with Crippen LogP contribution in [0.25, 0.3) is 0 Å². The fourth-order valence-corrected chi connectivity index (χ4v) is 1.12. The first-order valence-electron chi connectivity index (χ1n) is 4.46. The summed E-state index contributed by atoms with van der Waals surface area (Å²) in [5, 5.41) is 10.2. The van der Waals surface area contributed by atoms with E-state index >= 15 is 0 Å². The summed E-state index contributed by atoms with van der Waals surface area (Å²) in [6, 6.07) is 4.30. The second-order valence-electron chi connectivity index (χ2n) is 2.82. The van der Waals surface area contributed by atoms with Gasteiger partial charge in [-0.3, -0.25) is 0 Å². The third kappa shape index (κ3) is 1.93. The Balaban J connectivity index is 1.92. The highest BCUT2D eigenvalue weighted by Gasteiger charge is 2.02. The van der Waals surface area contributed by atoms with Crippen molar-refractivity contribution in [1.82, 2.24) is 10.2 Å². The third-order valence-electron chi connectivity index (χ3n) is 1.84. The van der Waals surface area contributed by atoms with E-state index in [0.29, 0.717) is 12.6 Å². The molecule has 2 aromatic rings. The average molecular weight is 193 g/mol. The Morgan fingerprint density at radius 1 is 1.36 bits per heavy atom. The fraction of sp³-hybridized carbons (Fsp3) is 0.333. The molecule has 0 spiro atoms. The van der Waals surface area contributed by atoms with Gasteiger partial charge in [-0.25, -0.2) is 0 Å². The van der Waals surface area contributed by atoms with Crippen molar-refractivity contribution in [3.8, 4) is 0 Å². The van der Waals surface area contributed by atoms with Crippen LogP contribution in [0.2, 0.25) is 0 Å². The van der Waals surface area contributed by atoms with Crippen LogP contribution in [0.1, 0.15) is 18.4 Å². The normalized spacial score (nSPS) is 10.4. The molecule has 0 atom stereocenters. The molecule has 0 aromatic carbocycles. The highest BCUT2D eigenvalue weighted by Crippen LogP contribution is 2.10. The fourth-order valence-electron chi connectivity index (χ4n) is 1.12. The lowest BCUT2D eigenvalue weighted by Crippen LogP contribution is -1.98. The molecular weight excluding hydrogens is 182 g/mol. The van der Waals surface area contributed by atoms with Crippen molar-refractivity contribution in [2.75, 3.05) is 5.32 Å². The summed E-state index contributed by atoms with van der Waals surface area (Å²) in [4.78, 5) is 0. The van der Waals surface area contributed by atoms with Crippen LogP contribution in [0.3, 0.4) is 0 Å². The standard InChI is InChI=1S/C9H11N3O2/c1-2-7-3-4-8(14-7)5-10-9-12-11-6-13-9/h3-4,6H,2,5H2,1H3,(H,10,12). The smallest absolute Gasteiger partial charge is 0.315 e. The Hall–Kier alpha value is -1.78. The zero-order valence-corrected chi connectivity index (χ0v) is 7.86. The third-order valence-corrected chi connectivity index (χ3v) is 1.84. The minimum Gasteiger partial charge on any atom is -0.464 e. The van der Waals surface area contributed by atoms with Crippen molar-refractivity contribution >= 4 is 6.01 Å². The summed E-state index contributed by atoms with van der Waals surface area (Å²) in [6.45, 7) is 2.61. The Kier molecular flexibility index (Phi) is 2.48. The van der Waals surface area contributed by atoms with E-state index in [9.17, 15) is 0 Å². The van der Waals surface area contributed by atoms with Crippen molar-refractivity contribution in [3.63, 3.8) is 0 Å². The average Bonchev–Trinajstić information content (AvgIpc) is 2.86. The zero-order chi connectivity index (χ0) is 9.80. The van der Waals surface area contributed by atoms with Crippen molar-refractivity contribution in [1.29, 1.82) is 0 Å². The Bertz CT molecular complexity index is 380. The molecule has 14 heavy (non-hydrogen) atoms. The molecule has 0 saturated carbocycles. The van der Waals surface area contributed by atoms with Gasteiger partial charge in [0, 0.05) is 6.42 Å². The molecule has 1 N–H and O–H groups in total. The van der Waals surface area contributed by atoms with E-state index < -0.39 is 0 Å². The van der Waals surface area contributed by atoms with Gasteiger partial charge < -0.3 is 14.2 Å². The number of nitrogens with zero attached hydrogens (tertiary/aromatic N) is 2. The van der Waals surface area contributed by atoms with Crippen LogP contribution in [-0.2, 0) is 13.0 Å². The van der Waals surface area contributed by atoms with Gasteiger partial charge in [-0.2, -0.15) is 0 Å². The number of aromatic nitrogens is 2. The molecule has 0 radical (unpaired) electrons. The van der Waals surface area contributed by atoms with Gasteiger partial charge >= 0.3 is 6.01 Å². The maximum atomic E-state index is 5.48. The molecule has 2 rings (SSSR count). The minimum atomic E-state index is 0.402. The molecule has 74 valence electrons. The summed E-state index contributed by atoms with van der Waals surface area (Å²) in [7, 11) is 0. The van der Waals surface area contributed by atoms with Crippen LogP contribution >= 0.6 is 0 Å². The van der Waals surface area contributed by atoms with Crippen molar-refractivity contribution in [2.24, 2.45) is 0 Å². The maximum Gasteiger partial charge on any atom is 0.315 e. The second kappa shape index (κ2) is 3.95. The van der Waals surface area contributed by atoms with E-state index in [1.165, 1.54) is 6.39 Å². The first kappa shape index (κ1) is 8.80. The van der Waals surface area contributed by atoms with Gasteiger partial charge in [0.05, 0.1) is 6.54 Å². The van der Waals surface area contributed by atoms with Crippen LogP contribution in [0.4, 0.5) is 6.01 Å². The number of hydrogen-bond acceptors (Lipinski definition) is 5. The van der Waals surface area contributed by atoms with E-state index in [1.807, 2.05) is 19.1 Å². The van der Waals surface area contributed by atoms with Gasteiger partial charge in [0.25, 0.3) is 0 Å². The first-order valence-corrected chi connectivity index (χ1v) is 4.46. The molecule has 2 aromatic heterocycles. The largest absolute Gasteiger partial charge is 0.464 e. The van der Waals surface area contributed by atoms with Gasteiger partial charge in [-0.05, 0) is 12.1 Å². The van der Waals surface area contributed by atoms with Gasteiger partial charge in [0.15, 0.2) is 0 Å². The lowest BCUT2D eigenvalue weighted by atomic mass is 10.3. The maximum absolute atomic E-state index is 5.48. The van der Waals surface area contributed by atoms with Crippen molar-refractivity contribution in [2.45, 2.75) is 19.9 Å². The van der Waals surface area contributed by atoms with E-state index in [1.54, 1.807) is 0 Å². The summed E-state index contributed by atoms with van der Waals surface area (Å²) >= 11 is 0. The van der Waals surface area contributed by atoms with Crippen LogP contribution in [0.5, 0.6) is 0 Å². The van der Waals surface area contributed by atoms with E-state index in [-0.39, 0.29) is 0 Å². The lowest BCUT2D eigenvalue weighted by molar-refractivity contribution is 0.472. The van der Waals surface area contributed by atoms with Gasteiger partial charge in [0.2, 0.25) is 6.39 Å². The Morgan fingerprint density at radius 2 is 2.21 bits per heavy atom. The molecule has 5 heteroatoms. The lowest BCUT2D eigenvalue weighted by Gasteiger charge is -1.96. The molecule has 2 heterocycles. The minimum absolute atomic E-state index is 0.402. The van der Waals surface area contributed by atoms with E-state index in [0.717, 1.165) is 17.9 Å². The van der Waals surface area contributed by atoms with Crippen LogP contribution in [0, 0.1) is 0 Å². The van der Waals surface area contributed by atoms with Gasteiger partial charge in [0.1, 0.15) is 11.5 Å². The number of anilines is 1. The number of furan rings is 1. The summed E-state index contributed by atoms with van der Waals surface area (Å²) in [5.41, 5.74) is 0. The molecular formula is C9H11N3O2. The molecule has 0 aliphatic carbocycles. The van der Waals surface area contributed by atoms with Crippen LogP contribution < -0.4 is 5.32 Å². The Labute approximate surface area is 81.1 Å². The predicted octanol–water partition coefficient (Wildman–Crippen LogP) is 1.84. The highest BCUT2D eigenvalue weighted by atomic mass is 16.4. The van der Waals surface area contributed by atoms with Gasteiger partial charge in [-0.1, -0.05) is 12.0 Å². The zero-order valence-electron chi connectivity index (χ0n) is 7.86. The monoisotopic (exact) mass is 193 g/mol. The summed E-state index contributed by atoms with van der Waals surface area (Å²) < 4.78 is 10.4. The molecule has 5 nitrogen and oxygen atoms in total. The molecule has 0 fully saturated rings. The highest BCUT2D eigenvalue weighted by molar-refractivity contribution is 5.18. The first-order chi connectivity index (χ1) is 6.88. The number of rotatable bonds is 4. The predicted molar refractivity (Wildman–Crippen MR) is 49.7 cm³/mol.